The Morgan fingerprint density at radius 3 is 2.33 bits per heavy atom. The highest BCUT2D eigenvalue weighted by Gasteiger charge is 2.22. The van der Waals surface area contributed by atoms with Gasteiger partial charge in [-0.2, -0.15) is 0 Å². The molecule has 5 heteroatoms. The van der Waals surface area contributed by atoms with E-state index in [-0.39, 0.29) is 0 Å². The minimum absolute atomic E-state index is 0.523. The number of likely N-dealkylation sites (tertiary alicyclic amines) is 1. The highest BCUT2D eigenvalue weighted by Crippen LogP contribution is 2.40. The van der Waals surface area contributed by atoms with Crippen LogP contribution in [0.3, 0.4) is 0 Å². The fraction of sp³-hybridized carbons (Fsp3) is 0.455. The van der Waals surface area contributed by atoms with Gasteiger partial charge in [-0.05, 0) is 43.5 Å². The lowest BCUT2D eigenvalue weighted by atomic mass is 10.0. The van der Waals surface area contributed by atoms with Crippen molar-refractivity contribution in [2.24, 2.45) is 0 Å². The molecule has 2 aromatic carbocycles. The van der Waals surface area contributed by atoms with Gasteiger partial charge < -0.3 is 19.5 Å². The van der Waals surface area contributed by atoms with Crippen LogP contribution in [-0.2, 0) is 6.54 Å². The predicted molar refractivity (Wildman–Crippen MR) is 109 cm³/mol. The maximum Gasteiger partial charge on any atom is 0.203 e. The number of nitrogens with one attached hydrogen (secondary N) is 1. The van der Waals surface area contributed by atoms with Crippen LogP contribution in [0.5, 0.6) is 17.2 Å². The number of nitrogens with zero attached hydrogens (tertiary/aromatic N) is 1. The van der Waals surface area contributed by atoms with Crippen molar-refractivity contribution in [3.63, 3.8) is 0 Å². The largest absolute Gasteiger partial charge is 0.493 e. The Morgan fingerprint density at radius 2 is 1.70 bits per heavy atom. The zero-order chi connectivity index (χ0) is 19.2. The minimum Gasteiger partial charge on any atom is -0.493 e. The van der Waals surface area contributed by atoms with Gasteiger partial charge in [0.2, 0.25) is 5.75 Å². The molecule has 3 rings (SSSR count). The lowest BCUT2D eigenvalue weighted by Crippen LogP contribution is -2.38. The molecule has 1 fully saturated rings. The van der Waals surface area contributed by atoms with E-state index >= 15 is 0 Å². The van der Waals surface area contributed by atoms with Crippen LogP contribution in [0, 0.1) is 6.92 Å². The fourth-order valence-electron chi connectivity index (χ4n) is 3.73. The molecule has 0 bridgehead atoms. The Bertz CT molecular complexity index is 755. The summed E-state index contributed by atoms with van der Waals surface area (Å²) in [6, 6.07) is 13.1. The lowest BCUT2D eigenvalue weighted by molar-refractivity contribution is 0.208. The molecule has 1 N–H and O–H groups in total. The van der Waals surface area contributed by atoms with Crippen LogP contribution in [0.25, 0.3) is 0 Å². The molecule has 0 saturated carbocycles. The second kappa shape index (κ2) is 9.00. The summed E-state index contributed by atoms with van der Waals surface area (Å²) in [5.41, 5.74) is 3.63. The van der Waals surface area contributed by atoms with E-state index in [4.69, 9.17) is 14.2 Å². The molecular weight excluding hydrogens is 340 g/mol. The van der Waals surface area contributed by atoms with Crippen LogP contribution in [0.15, 0.2) is 36.4 Å². The van der Waals surface area contributed by atoms with Gasteiger partial charge in [0, 0.05) is 36.9 Å². The summed E-state index contributed by atoms with van der Waals surface area (Å²) >= 11 is 0. The van der Waals surface area contributed by atoms with Crippen LogP contribution < -0.4 is 19.5 Å². The number of piperidine rings is 1. The van der Waals surface area contributed by atoms with Gasteiger partial charge in [0.05, 0.1) is 21.3 Å². The maximum atomic E-state index is 5.62. The van der Waals surface area contributed by atoms with Gasteiger partial charge in [-0.25, -0.2) is 0 Å². The van der Waals surface area contributed by atoms with Crippen molar-refractivity contribution >= 4 is 5.69 Å². The van der Waals surface area contributed by atoms with Gasteiger partial charge in [-0.1, -0.05) is 18.2 Å². The predicted octanol–water partition coefficient (Wildman–Crippen LogP) is 4.10. The van der Waals surface area contributed by atoms with Crippen molar-refractivity contribution in [2.45, 2.75) is 32.4 Å². The average molecular weight is 370 g/mol. The Hall–Kier alpha value is -2.40. The minimum atomic E-state index is 0.523. The molecule has 0 aromatic heterocycles. The number of methoxy groups -OCH3 is 3. The Kier molecular flexibility index (Phi) is 6.45. The number of aryl methyl sites for hydroxylation is 1. The molecule has 0 atom stereocenters. The topological polar surface area (TPSA) is 43.0 Å². The summed E-state index contributed by atoms with van der Waals surface area (Å²) in [7, 11) is 4.97. The van der Waals surface area contributed by atoms with E-state index in [2.05, 4.69) is 47.5 Å². The number of anilines is 1. The zero-order valence-corrected chi connectivity index (χ0v) is 16.7. The van der Waals surface area contributed by atoms with E-state index in [1.807, 2.05) is 6.07 Å². The SMILES string of the molecule is COc1ccc(CN2CCC(Nc3cccc(C)c3)CC2)c(OC)c1OC. The second-order valence-electron chi connectivity index (χ2n) is 7.06. The molecule has 0 amide bonds. The highest BCUT2D eigenvalue weighted by atomic mass is 16.5. The fourth-order valence-corrected chi connectivity index (χ4v) is 3.73. The summed E-state index contributed by atoms with van der Waals surface area (Å²) in [6.45, 7) is 5.09. The molecule has 0 aliphatic carbocycles. The van der Waals surface area contributed by atoms with E-state index in [0.29, 0.717) is 17.5 Å². The molecule has 0 spiro atoms. The molecule has 146 valence electrons. The molecule has 0 unspecified atom stereocenters. The van der Waals surface area contributed by atoms with E-state index < -0.39 is 0 Å². The Morgan fingerprint density at radius 1 is 0.963 bits per heavy atom. The maximum absolute atomic E-state index is 5.62. The smallest absolute Gasteiger partial charge is 0.203 e. The first-order valence-corrected chi connectivity index (χ1v) is 9.48. The van der Waals surface area contributed by atoms with E-state index in [0.717, 1.165) is 43.8 Å². The summed E-state index contributed by atoms with van der Waals surface area (Å²) < 4.78 is 16.5. The third-order valence-corrected chi connectivity index (χ3v) is 5.16. The molecule has 1 saturated heterocycles. The first-order chi connectivity index (χ1) is 13.1. The van der Waals surface area contributed by atoms with E-state index in [1.165, 1.54) is 11.3 Å². The number of ether oxygens (including phenoxy) is 3. The average Bonchev–Trinajstić information content (AvgIpc) is 2.69. The van der Waals surface area contributed by atoms with E-state index in [1.54, 1.807) is 21.3 Å². The molecule has 1 heterocycles. The van der Waals surface area contributed by atoms with Crippen molar-refractivity contribution < 1.29 is 14.2 Å². The Balaban J connectivity index is 1.61. The molecule has 1 aliphatic heterocycles. The first-order valence-electron chi connectivity index (χ1n) is 9.48. The van der Waals surface area contributed by atoms with Crippen molar-refractivity contribution in [1.82, 2.24) is 4.90 Å². The van der Waals surface area contributed by atoms with Gasteiger partial charge in [0.1, 0.15) is 0 Å². The lowest BCUT2D eigenvalue weighted by Gasteiger charge is -2.33. The summed E-state index contributed by atoms with van der Waals surface area (Å²) in [5.74, 6) is 2.12. The van der Waals surface area contributed by atoms with Gasteiger partial charge in [0.15, 0.2) is 11.5 Å². The number of hydrogen-bond acceptors (Lipinski definition) is 5. The van der Waals surface area contributed by atoms with Crippen LogP contribution in [-0.4, -0.2) is 45.4 Å². The summed E-state index contributed by atoms with van der Waals surface area (Å²) in [6.07, 6.45) is 2.26. The van der Waals surface area contributed by atoms with Crippen LogP contribution in [0.1, 0.15) is 24.0 Å². The molecule has 27 heavy (non-hydrogen) atoms. The van der Waals surface area contributed by atoms with Crippen molar-refractivity contribution in [1.29, 1.82) is 0 Å². The highest BCUT2D eigenvalue weighted by molar-refractivity contribution is 5.55. The summed E-state index contributed by atoms with van der Waals surface area (Å²) in [5, 5.41) is 3.67. The standard InChI is InChI=1S/C22H30N2O3/c1-16-6-5-7-19(14-16)23-18-10-12-24(13-11-18)15-17-8-9-20(25-2)22(27-4)21(17)26-3/h5-9,14,18,23H,10-13,15H2,1-4H3. The molecule has 0 radical (unpaired) electrons. The van der Waals surface area contributed by atoms with Gasteiger partial charge in [0.25, 0.3) is 0 Å². The van der Waals surface area contributed by atoms with E-state index in [9.17, 15) is 0 Å². The van der Waals surface area contributed by atoms with Gasteiger partial charge in [-0.3, -0.25) is 4.90 Å². The summed E-state index contributed by atoms with van der Waals surface area (Å²) in [4.78, 5) is 2.47. The number of hydrogen-bond donors (Lipinski definition) is 1. The molecule has 2 aromatic rings. The zero-order valence-electron chi connectivity index (χ0n) is 16.7. The van der Waals surface area contributed by atoms with Crippen molar-refractivity contribution in [3.05, 3.63) is 47.5 Å². The van der Waals surface area contributed by atoms with Crippen LogP contribution >= 0.6 is 0 Å². The van der Waals surface area contributed by atoms with Gasteiger partial charge in [-0.15, -0.1) is 0 Å². The third-order valence-electron chi connectivity index (χ3n) is 5.16. The van der Waals surface area contributed by atoms with Crippen LogP contribution in [0.2, 0.25) is 0 Å². The first kappa shape index (κ1) is 19.4. The molecule has 5 nitrogen and oxygen atoms in total. The monoisotopic (exact) mass is 370 g/mol. The quantitative estimate of drug-likeness (QED) is 0.795. The van der Waals surface area contributed by atoms with Gasteiger partial charge >= 0.3 is 0 Å². The van der Waals surface area contributed by atoms with Crippen LogP contribution in [0.4, 0.5) is 5.69 Å². The molecule has 1 aliphatic rings. The second-order valence-corrected chi connectivity index (χ2v) is 7.06. The third kappa shape index (κ3) is 4.66. The molecular formula is C22H30N2O3. The van der Waals surface area contributed by atoms with Crippen molar-refractivity contribution in [3.8, 4) is 17.2 Å². The number of benzene rings is 2. The number of rotatable bonds is 7. The van der Waals surface area contributed by atoms with Crippen molar-refractivity contribution in [2.75, 3.05) is 39.7 Å². The normalized spacial score (nSPS) is 15.4. The Labute approximate surface area is 162 Å².